The molecule has 0 atom stereocenters. The van der Waals surface area contributed by atoms with Crippen molar-refractivity contribution in [3.63, 3.8) is 0 Å². The molecule has 3 rings (SSSR count). The molecule has 0 aliphatic carbocycles. The van der Waals surface area contributed by atoms with Gasteiger partial charge in [0.05, 0.1) is 11.9 Å². The van der Waals surface area contributed by atoms with Crippen molar-refractivity contribution in [3.05, 3.63) is 71.4 Å². The van der Waals surface area contributed by atoms with Crippen molar-refractivity contribution in [2.75, 3.05) is 7.05 Å². The van der Waals surface area contributed by atoms with Crippen LogP contribution < -0.4 is 0 Å². The van der Waals surface area contributed by atoms with E-state index in [4.69, 9.17) is 0 Å². The maximum atomic E-state index is 13.4. The molecule has 0 aliphatic heterocycles. The minimum Gasteiger partial charge on any atom is -0.298 e. The second-order valence-corrected chi connectivity index (χ2v) is 5.76. The smallest absolute Gasteiger partial charge is 0.123 e. The number of hydrogen-bond acceptors (Lipinski definition) is 3. The number of aromatic amines is 1. The zero-order valence-corrected chi connectivity index (χ0v) is 13.3. The second kappa shape index (κ2) is 6.71. The predicted molar refractivity (Wildman–Crippen MR) is 88.1 cm³/mol. The molecule has 3 aromatic rings. The quantitative estimate of drug-likeness (QED) is 0.784. The third-order valence-electron chi connectivity index (χ3n) is 3.68. The highest BCUT2D eigenvalue weighted by Crippen LogP contribution is 2.23. The van der Waals surface area contributed by atoms with Crippen LogP contribution in [-0.4, -0.2) is 27.1 Å². The predicted octanol–water partition coefficient (Wildman–Crippen LogP) is 3.55. The van der Waals surface area contributed by atoms with Crippen LogP contribution in [0, 0.1) is 12.7 Å². The lowest BCUT2D eigenvalue weighted by molar-refractivity contribution is 0.319. The molecule has 23 heavy (non-hydrogen) atoms. The number of H-pyrrole nitrogens is 1. The summed E-state index contributed by atoms with van der Waals surface area (Å²) >= 11 is 0. The fourth-order valence-electron chi connectivity index (χ4n) is 2.69. The molecule has 2 aromatic heterocycles. The van der Waals surface area contributed by atoms with Gasteiger partial charge in [-0.1, -0.05) is 12.1 Å². The molecule has 1 N–H and O–H groups in total. The molecule has 0 aliphatic rings. The molecule has 0 amide bonds. The van der Waals surface area contributed by atoms with E-state index in [-0.39, 0.29) is 5.82 Å². The highest BCUT2D eigenvalue weighted by molar-refractivity contribution is 5.62. The fraction of sp³-hybridized carbons (Fsp3) is 0.222. The van der Waals surface area contributed by atoms with Gasteiger partial charge in [0.15, 0.2) is 0 Å². The number of pyridine rings is 1. The third-order valence-corrected chi connectivity index (χ3v) is 3.68. The Labute approximate surface area is 135 Å². The molecule has 0 spiro atoms. The van der Waals surface area contributed by atoms with E-state index in [0.717, 1.165) is 35.6 Å². The van der Waals surface area contributed by atoms with Crippen LogP contribution in [0.4, 0.5) is 4.39 Å². The first-order valence-corrected chi connectivity index (χ1v) is 7.50. The number of halogens is 1. The molecule has 0 saturated carbocycles. The van der Waals surface area contributed by atoms with Gasteiger partial charge in [-0.25, -0.2) is 4.39 Å². The van der Waals surface area contributed by atoms with E-state index in [9.17, 15) is 4.39 Å². The first-order valence-electron chi connectivity index (χ1n) is 7.50. The van der Waals surface area contributed by atoms with E-state index in [1.807, 2.05) is 25.3 Å². The van der Waals surface area contributed by atoms with Gasteiger partial charge in [0.1, 0.15) is 5.82 Å². The summed E-state index contributed by atoms with van der Waals surface area (Å²) in [6, 6.07) is 10.7. The summed E-state index contributed by atoms with van der Waals surface area (Å²) in [7, 11) is 2.05. The Morgan fingerprint density at radius 3 is 2.83 bits per heavy atom. The highest BCUT2D eigenvalue weighted by Gasteiger charge is 2.11. The van der Waals surface area contributed by atoms with Crippen LogP contribution in [0.1, 0.15) is 16.8 Å². The van der Waals surface area contributed by atoms with Gasteiger partial charge in [-0.3, -0.25) is 15.0 Å². The van der Waals surface area contributed by atoms with E-state index < -0.39 is 0 Å². The number of nitrogens with zero attached hydrogens (tertiary/aromatic N) is 3. The van der Waals surface area contributed by atoms with Gasteiger partial charge in [0, 0.05) is 36.1 Å². The lowest BCUT2D eigenvalue weighted by atomic mass is 10.1. The number of hydrogen-bond donors (Lipinski definition) is 1. The molecule has 118 valence electrons. The lowest BCUT2D eigenvalue weighted by Gasteiger charge is -2.17. The Balaban J connectivity index is 1.75. The largest absolute Gasteiger partial charge is 0.298 e. The van der Waals surface area contributed by atoms with E-state index in [0.29, 0.717) is 0 Å². The topological polar surface area (TPSA) is 44.8 Å². The molecule has 0 fully saturated rings. The van der Waals surface area contributed by atoms with Crippen molar-refractivity contribution in [2.24, 2.45) is 0 Å². The first kappa shape index (κ1) is 15.4. The minimum absolute atomic E-state index is 0.247. The third kappa shape index (κ3) is 3.81. The molecular formula is C18H19FN4. The summed E-state index contributed by atoms with van der Waals surface area (Å²) in [4.78, 5) is 6.41. The van der Waals surface area contributed by atoms with Gasteiger partial charge >= 0.3 is 0 Å². The molecular weight excluding hydrogens is 291 g/mol. The van der Waals surface area contributed by atoms with Gasteiger partial charge in [0.25, 0.3) is 0 Å². The summed E-state index contributed by atoms with van der Waals surface area (Å²) in [5.74, 6) is -0.247. The maximum Gasteiger partial charge on any atom is 0.123 e. The normalized spacial score (nSPS) is 11.1. The molecule has 2 heterocycles. The standard InChI is InChI=1S/C18H19FN4/c1-13-8-14(6-7-20-13)11-23(2)12-16-10-21-22-18(16)15-4-3-5-17(19)9-15/h3-10H,11-12H2,1-2H3,(H,21,22). The van der Waals surface area contributed by atoms with Crippen molar-refractivity contribution in [2.45, 2.75) is 20.0 Å². The maximum absolute atomic E-state index is 13.4. The van der Waals surface area contributed by atoms with Crippen LogP contribution in [0.3, 0.4) is 0 Å². The van der Waals surface area contributed by atoms with Crippen molar-refractivity contribution in [1.82, 2.24) is 20.1 Å². The van der Waals surface area contributed by atoms with Crippen molar-refractivity contribution >= 4 is 0 Å². The average Bonchev–Trinajstić information content (AvgIpc) is 2.95. The van der Waals surface area contributed by atoms with Crippen LogP contribution in [0.5, 0.6) is 0 Å². The van der Waals surface area contributed by atoms with Crippen molar-refractivity contribution in [3.8, 4) is 11.3 Å². The van der Waals surface area contributed by atoms with Gasteiger partial charge in [-0.05, 0) is 43.8 Å². The van der Waals surface area contributed by atoms with Gasteiger partial charge in [-0.15, -0.1) is 0 Å². The lowest BCUT2D eigenvalue weighted by Crippen LogP contribution is -2.17. The van der Waals surface area contributed by atoms with Crippen LogP contribution in [0.2, 0.25) is 0 Å². The Hall–Kier alpha value is -2.53. The molecule has 0 bridgehead atoms. The van der Waals surface area contributed by atoms with Crippen LogP contribution in [0.15, 0.2) is 48.8 Å². The van der Waals surface area contributed by atoms with Crippen LogP contribution in [-0.2, 0) is 13.1 Å². The van der Waals surface area contributed by atoms with Crippen LogP contribution >= 0.6 is 0 Å². The molecule has 5 heteroatoms. The van der Waals surface area contributed by atoms with Crippen molar-refractivity contribution < 1.29 is 4.39 Å². The monoisotopic (exact) mass is 310 g/mol. The number of rotatable bonds is 5. The van der Waals surface area contributed by atoms with E-state index in [1.54, 1.807) is 12.3 Å². The van der Waals surface area contributed by atoms with Gasteiger partial charge in [0.2, 0.25) is 0 Å². The van der Waals surface area contributed by atoms with Crippen molar-refractivity contribution in [1.29, 1.82) is 0 Å². The molecule has 0 unspecified atom stereocenters. The van der Waals surface area contributed by atoms with Gasteiger partial charge in [-0.2, -0.15) is 5.10 Å². The Bertz CT molecular complexity index is 797. The highest BCUT2D eigenvalue weighted by atomic mass is 19.1. The average molecular weight is 310 g/mol. The number of nitrogens with one attached hydrogen (secondary N) is 1. The molecule has 0 saturated heterocycles. The van der Waals surface area contributed by atoms with E-state index in [2.05, 4.69) is 33.2 Å². The molecule has 1 aromatic carbocycles. The summed E-state index contributed by atoms with van der Waals surface area (Å²) in [6.07, 6.45) is 3.63. The number of aromatic nitrogens is 3. The first-order chi connectivity index (χ1) is 11.1. The van der Waals surface area contributed by atoms with E-state index >= 15 is 0 Å². The minimum atomic E-state index is -0.247. The SMILES string of the molecule is Cc1cc(CN(C)Cc2cn[nH]c2-c2cccc(F)c2)ccn1. The summed E-state index contributed by atoms with van der Waals surface area (Å²) < 4.78 is 13.4. The number of aryl methyl sites for hydroxylation is 1. The number of benzene rings is 1. The molecule has 4 nitrogen and oxygen atoms in total. The van der Waals surface area contributed by atoms with Crippen LogP contribution in [0.25, 0.3) is 11.3 Å². The Morgan fingerprint density at radius 2 is 2.04 bits per heavy atom. The Morgan fingerprint density at radius 1 is 1.17 bits per heavy atom. The Kier molecular flexibility index (Phi) is 4.48. The fourth-order valence-corrected chi connectivity index (χ4v) is 2.69. The summed E-state index contributed by atoms with van der Waals surface area (Å²) in [5.41, 5.74) is 4.95. The second-order valence-electron chi connectivity index (χ2n) is 5.76. The zero-order valence-electron chi connectivity index (χ0n) is 13.3. The summed E-state index contributed by atoms with van der Waals surface area (Å²) in [6.45, 7) is 3.53. The zero-order chi connectivity index (χ0) is 16.2. The molecule has 0 radical (unpaired) electrons. The summed E-state index contributed by atoms with van der Waals surface area (Å²) in [5, 5.41) is 7.09. The van der Waals surface area contributed by atoms with Gasteiger partial charge < -0.3 is 0 Å². The van der Waals surface area contributed by atoms with E-state index in [1.165, 1.54) is 17.7 Å².